The molecule has 0 spiro atoms. The molecule has 82 valence electrons. The first-order valence-corrected chi connectivity index (χ1v) is 4.92. The van der Waals surface area contributed by atoms with Gasteiger partial charge in [0.15, 0.2) is 5.84 Å². The monoisotopic (exact) mass is 227 g/mol. The number of nitrogens with zero attached hydrogens (tertiary/aromatic N) is 1. The third kappa shape index (κ3) is 3.02. The third-order valence-electron chi connectivity index (χ3n) is 2.05. The van der Waals surface area contributed by atoms with Crippen LogP contribution in [0.2, 0.25) is 5.02 Å². The number of amidine groups is 1. The van der Waals surface area contributed by atoms with Crippen molar-refractivity contribution < 1.29 is 5.21 Å². The Balaban J connectivity index is 2.85. The highest BCUT2D eigenvalue weighted by atomic mass is 35.5. The quantitative estimate of drug-likeness (QED) is 0.321. The Kier molecular flexibility index (Phi) is 3.80. The van der Waals surface area contributed by atoms with Gasteiger partial charge in [0.1, 0.15) is 0 Å². The van der Waals surface area contributed by atoms with E-state index in [0.29, 0.717) is 5.02 Å². The average Bonchev–Trinajstić information content (AvgIpc) is 2.22. The van der Waals surface area contributed by atoms with Crippen LogP contribution < -0.4 is 11.1 Å². The van der Waals surface area contributed by atoms with Gasteiger partial charge >= 0.3 is 0 Å². The van der Waals surface area contributed by atoms with Gasteiger partial charge < -0.3 is 16.3 Å². The van der Waals surface area contributed by atoms with Crippen LogP contribution >= 0.6 is 11.6 Å². The number of nitrogens with two attached hydrogens (primary N) is 1. The second kappa shape index (κ2) is 4.89. The van der Waals surface area contributed by atoms with Crippen molar-refractivity contribution in [3.05, 3.63) is 28.8 Å². The van der Waals surface area contributed by atoms with Crippen molar-refractivity contribution in [3.8, 4) is 0 Å². The van der Waals surface area contributed by atoms with Gasteiger partial charge in [-0.1, -0.05) is 22.8 Å². The summed E-state index contributed by atoms with van der Waals surface area (Å²) in [5.74, 6) is 0.118. The van der Waals surface area contributed by atoms with Crippen molar-refractivity contribution in [2.75, 3.05) is 5.32 Å². The zero-order valence-electron chi connectivity index (χ0n) is 8.66. The van der Waals surface area contributed by atoms with E-state index in [1.807, 2.05) is 19.1 Å². The highest BCUT2D eigenvalue weighted by Crippen LogP contribution is 2.23. The van der Waals surface area contributed by atoms with Crippen molar-refractivity contribution in [1.29, 1.82) is 0 Å². The van der Waals surface area contributed by atoms with E-state index in [1.165, 1.54) is 0 Å². The molecule has 5 heteroatoms. The minimum atomic E-state index is -0.269. The molecule has 0 aromatic heterocycles. The Morgan fingerprint density at radius 1 is 1.60 bits per heavy atom. The van der Waals surface area contributed by atoms with Gasteiger partial charge in [0, 0.05) is 0 Å². The van der Waals surface area contributed by atoms with Crippen LogP contribution in [-0.2, 0) is 0 Å². The standard InChI is InChI=1S/C10H14ClN3O/c1-6-3-4-8(11)9(5-6)13-7(2)10(12)14-15/h3-5,7,13,15H,1-2H3,(H2,12,14). The normalized spacial score (nSPS) is 13.7. The van der Waals surface area contributed by atoms with Gasteiger partial charge in [-0.25, -0.2) is 0 Å². The predicted octanol–water partition coefficient (Wildman–Crippen LogP) is 2.20. The average molecular weight is 228 g/mol. The number of benzene rings is 1. The molecular formula is C10H14ClN3O. The molecular weight excluding hydrogens is 214 g/mol. The highest BCUT2D eigenvalue weighted by molar-refractivity contribution is 6.33. The van der Waals surface area contributed by atoms with Crippen LogP contribution in [0.4, 0.5) is 5.69 Å². The minimum Gasteiger partial charge on any atom is -0.409 e. The van der Waals surface area contributed by atoms with Crippen molar-refractivity contribution in [2.45, 2.75) is 19.9 Å². The molecule has 15 heavy (non-hydrogen) atoms. The van der Waals surface area contributed by atoms with Crippen LogP contribution in [0.3, 0.4) is 0 Å². The first-order valence-electron chi connectivity index (χ1n) is 4.54. The van der Waals surface area contributed by atoms with Gasteiger partial charge in [-0.15, -0.1) is 0 Å². The number of hydrogen-bond acceptors (Lipinski definition) is 3. The van der Waals surface area contributed by atoms with Gasteiger partial charge in [-0.05, 0) is 31.5 Å². The molecule has 4 nitrogen and oxygen atoms in total. The molecule has 1 aromatic rings. The topological polar surface area (TPSA) is 70.6 Å². The third-order valence-corrected chi connectivity index (χ3v) is 2.38. The fourth-order valence-electron chi connectivity index (χ4n) is 1.14. The zero-order valence-corrected chi connectivity index (χ0v) is 9.42. The lowest BCUT2D eigenvalue weighted by Gasteiger charge is -2.15. The van der Waals surface area contributed by atoms with Gasteiger partial charge in [-0.2, -0.15) is 0 Å². The Labute approximate surface area is 93.7 Å². The van der Waals surface area contributed by atoms with E-state index >= 15 is 0 Å². The Hall–Kier alpha value is -1.42. The van der Waals surface area contributed by atoms with Crippen LogP contribution in [0.15, 0.2) is 23.4 Å². The van der Waals surface area contributed by atoms with Crippen molar-refractivity contribution in [2.24, 2.45) is 10.9 Å². The van der Waals surface area contributed by atoms with Crippen LogP contribution in [0.5, 0.6) is 0 Å². The summed E-state index contributed by atoms with van der Waals surface area (Å²) in [6, 6.07) is 5.36. The Bertz CT molecular complexity index is 379. The van der Waals surface area contributed by atoms with Crippen molar-refractivity contribution in [1.82, 2.24) is 0 Å². The summed E-state index contributed by atoms with van der Waals surface area (Å²) >= 11 is 5.98. The number of hydrogen-bond donors (Lipinski definition) is 3. The summed E-state index contributed by atoms with van der Waals surface area (Å²) < 4.78 is 0. The molecule has 0 heterocycles. The molecule has 0 bridgehead atoms. The fraction of sp³-hybridized carbons (Fsp3) is 0.300. The molecule has 1 unspecified atom stereocenters. The predicted molar refractivity (Wildman–Crippen MR) is 62.7 cm³/mol. The summed E-state index contributed by atoms with van der Waals surface area (Å²) in [6.07, 6.45) is 0. The maximum atomic E-state index is 8.50. The lowest BCUT2D eigenvalue weighted by atomic mass is 10.2. The first kappa shape index (κ1) is 11.7. The van der Waals surface area contributed by atoms with Gasteiger partial charge in [0.05, 0.1) is 16.8 Å². The Morgan fingerprint density at radius 3 is 2.87 bits per heavy atom. The van der Waals surface area contributed by atoms with Gasteiger partial charge in [0.25, 0.3) is 0 Å². The smallest absolute Gasteiger partial charge is 0.161 e. The number of anilines is 1. The largest absolute Gasteiger partial charge is 0.409 e. The van der Waals surface area contributed by atoms with E-state index in [2.05, 4.69) is 10.5 Å². The van der Waals surface area contributed by atoms with E-state index in [0.717, 1.165) is 11.3 Å². The molecule has 4 N–H and O–H groups in total. The number of nitrogens with one attached hydrogen (secondary N) is 1. The molecule has 0 aliphatic carbocycles. The number of rotatable bonds is 3. The molecule has 0 radical (unpaired) electrons. The molecule has 1 aromatic carbocycles. The summed E-state index contributed by atoms with van der Waals surface area (Å²) in [6.45, 7) is 3.75. The molecule has 0 amide bonds. The molecule has 0 fully saturated rings. The Morgan fingerprint density at radius 2 is 2.27 bits per heavy atom. The molecule has 0 aliphatic heterocycles. The molecule has 1 rings (SSSR count). The zero-order chi connectivity index (χ0) is 11.4. The van der Waals surface area contributed by atoms with Crippen LogP contribution in [0, 0.1) is 6.92 Å². The van der Waals surface area contributed by atoms with E-state index in [9.17, 15) is 0 Å². The number of oxime groups is 1. The van der Waals surface area contributed by atoms with E-state index < -0.39 is 0 Å². The maximum Gasteiger partial charge on any atom is 0.161 e. The van der Waals surface area contributed by atoms with Crippen molar-refractivity contribution in [3.63, 3.8) is 0 Å². The summed E-state index contributed by atoms with van der Waals surface area (Å²) in [7, 11) is 0. The molecule has 0 saturated carbocycles. The molecule has 0 aliphatic rings. The minimum absolute atomic E-state index is 0.118. The number of aryl methyl sites for hydroxylation is 1. The van der Waals surface area contributed by atoms with Crippen molar-refractivity contribution >= 4 is 23.1 Å². The fourth-order valence-corrected chi connectivity index (χ4v) is 1.32. The molecule has 1 atom stereocenters. The highest BCUT2D eigenvalue weighted by Gasteiger charge is 2.09. The number of halogens is 1. The van der Waals surface area contributed by atoms with Gasteiger partial charge in [0.2, 0.25) is 0 Å². The van der Waals surface area contributed by atoms with E-state index in [-0.39, 0.29) is 11.9 Å². The lowest BCUT2D eigenvalue weighted by Crippen LogP contribution is -2.33. The van der Waals surface area contributed by atoms with Crippen LogP contribution in [-0.4, -0.2) is 17.1 Å². The van der Waals surface area contributed by atoms with Crippen LogP contribution in [0.1, 0.15) is 12.5 Å². The van der Waals surface area contributed by atoms with Crippen LogP contribution in [0.25, 0.3) is 0 Å². The van der Waals surface area contributed by atoms with Gasteiger partial charge in [-0.3, -0.25) is 0 Å². The summed E-state index contributed by atoms with van der Waals surface area (Å²) in [4.78, 5) is 0. The first-order chi connectivity index (χ1) is 7.04. The lowest BCUT2D eigenvalue weighted by molar-refractivity contribution is 0.316. The summed E-state index contributed by atoms with van der Waals surface area (Å²) in [5, 5.41) is 15.1. The second-order valence-electron chi connectivity index (χ2n) is 3.37. The second-order valence-corrected chi connectivity index (χ2v) is 3.78. The van der Waals surface area contributed by atoms with E-state index in [4.69, 9.17) is 22.5 Å². The maximum absolute atomic E-state index is 8.50. The molecule has 0 saturated heterocycles. The summed E-state index contributed by atoms with van der Waals surface area (Å²) in [5.41, 5.74) is 7.31. The van der Waals surface area contributed by atoms with E-state index in [1.54, 1.807) is 13.0 Å². The SMILES string of the molecule is Cc1ccc(Cl)c(NC(C)/C(N)=N/O)c1.